The lowest BCUT2D eigenvalue weighted by atomic mass is 9.97. The predicted molar refractivity (Wildman–Crippen MR) is 123 cm³/mol. The van der Waals surface area contributed by atoms with Crippen molar-refractivity contribution in [3.05, 3.63) is 98.5 Å². The van der Waals surface area contributed by atoms with Gasteiger partial charge in [-0.3, -0.25) is 9.69 Å². The first-order valence-corrected chi connectivity index (χ1v) is 11.4. The van der Waals surface area contributed by atoms with Crippen LogP contribution in [0, 0.1) is 12.8 Å². The van der Waals surface area contributed by atoms with Gasteiger partial charge in [0, 0.05) is 50.3 Å². The quantitative estimate of drug-likeness (QED) is 0.649. The van der Waals surface area contributed by atoms with Gasteiger partial charge in [-0.15, -0.1) is 0 Å². The highest BCUT2D eigenvalue weighted by atomic mass is 16.3. The van der Waals surface area contributed by atoms with Gasteiger partial charge in [-0.05, 0) is 66.1 Å². The fraction of sp³-hybridized carbons (Fsp3) is 0.370. The highest BCUT2D eigenvalue weighted by Crippen LogP contribution is 2.32. The molecule has 4 heteroatoms. The van der Waals surface area contributed by atoms with Crippen LogP contribution >= 0.6 is 0 Å². The Labute approximate surface area is 183 Å². The van der Waals surface area contributed by atoms with E-state index in [2.05, 4.69) is 52.8 Å². The van der Waals surface area contributed by atoms with Crippen molar-refractivity contribution in [3.63, 3.8) is 0 Å². The van der Waals surface area contributed by atoms with Gasteiger partial charge in [-0.25, -0.2) is 0 Å². The first kappa shape index (κ1) is 20.1. The average molecular weight is 415 g/mol. The van der Waals surface area contributed by atoms with Crippen molar-refractivity contribution in [2.45, 2.75) is 52.2 Å². The molecule has 1 N–H and O–H groups in total. The number of phenolic OH excluding ortho intramolecular Hbond substituents is 1. The van der Waals surface area contributed by atoms with E-state index in [1.807, 2.05) is 12.1 Å². The Hall–Kier alpha value is -2.85. The van der Waals surface area contributed by atoms with Crippen LogP contribution in [0.2, 0.25) is 0 Å². The third-order valence-corrected chi connectivity index (χ3v) is 6.72. The first-order valence-electron chi connectivity index (χ1n) is 11.4. The van der Waals surface area contributed by atoms with Crippen LogP contribution in [0.4, 0.5) is 0 Å². The van der Waals surface area contributed by atoms with Crippen LogP contribution in [0.3, 0.4) is 0 Å². The summed E-state index contributed by atoms with van der Waals surface area (Å²) >= 11 is 0. The van der Waals surface area contributed by atoms with E-state index < -0.39 is 0 Å². The van der Waals surface area contributed by atoms with E-state index in [1.165, 1.54) is 35.2 Å². The Morgan fingerprint density at radius 1 is 1.03 bits per heavy atom. The molecule has 0 spiro atoms. The summed E-state index contributed by atoms with van der Waals surface area (Å²) in [6, 6.07) is 18.0. The molecule has 4 nitrogen and oxygen atoms in total. The van der Waals surface area contributed by atoms with Gasteiger partial charge < -0.3 is 9.67 Å². The van der Waals surface area contributed by atoms with Crippen molar-refractivity contribution in [1.29, 1.82) is 0 Å². The molecule has 1 saturated carbocycles. The maximum atomic E-state index is 13.5. The Bertz CT molecular complexity index is 1160. The van der Waals surface area contributed by atoms with E-state index >= 15 is 0 Å². The van der Waals surface area contributed by atoms with E-state index in [1.54, 1.807) is 6.07 Å². The van der Waals surface area contributed by atoms with Crippen LogP contribution in [-0.2, 0) is 32.5 Å². The summed E-state index contributed by atoms with van der Waals surface area (Å²) in [4.78, 5) is 15.9. The van der Waals surface area contributed by atoms with Crippen LogP contribution in [0.25, 0.3) is 0 Å². The first-order chi connectivity index (χ1) is 15.1. The van der Waals surface area contributed by atoms with Crippen LogP contribution in [0.5, 0.6) is 5.75 Å². The van der Waals surface area contributed by atoms with Gasteiger partial charge in [0.25, 0.3) is 5.56 Å². The largest absolute Gasteiger partial charge is 0.508 e. The lowest BCUT2D eigenvalue weighted by Gasteiger charge is -2.31. The minimum absolute atomic E-state index is 0.204. The second-order valence-electron chi connectivity index (χ2n) is 9.23. The van der Waals surface area contributed by atoms with Crippen LogP contribution in [-0.4, -0.2) is 21.1 Å². The number of fused-ring (bicyclic) bond motifs is 1. The molecule has 2 aliphatic rings. The monoisotopic (exact) mass is 414 g/mol. The van der Waals surface area contributed by atoms with Gasteiger partial charge in [0.15, 0.2) is 0 Å². The number of nitrogens with zero attached hydrogens (tertiary/aromatic N) is 2. The lowest BCUT2D eigenvalue weighted by Crippen LogP contribution is -2.37. The molecule has 1 aromatic heterocycles. The molecule has 0 saturated heterocycles. The molecule has 31 heavy (non-hydrogen) atoms. The molecule has 1 aliphatic heterocycles. The molecule has 1 aliphatic carbocycles. The van der Waals surface area contributed by atoms with Gasteiger partial charge in [0.2, 0.25) is 0 Å². The minimum atomic E-state index is 0.204. The van der Waals surface area contributed by atoms with E-state index in [0.717, 1.165) is 43.7 Å². The SMILES string of the molecule is Cc1ccccc1Cc1cc2c(n(CC3CC3)c1=O)CCN(Cc1cccc(O)c1)C2. The molecular formula is C27H30N2O2. The van der Waals surface area contributed by atoms with E-state index in [-0.39, 0.29) is 5.56 Å². The van der Waals surface area contributed by atoms with Crippen LogP contribution in [0.15, 0.2) is 59.4 Å². The zero-order valence-corrected chi connectivity index (χ0v) is 18.2. The number of pyridine rings is 1. The number of rotatable bonds is 6. The number of benzene rings is 2. The van der Waals surface area contributed by atoms with Gasteiger partial charge in [-0.2, -0.15) is 0 Å². The highest BCUT2D eigenvalue weighted by Gasteiger charge is 2.27. The van der Waals surface area contributed by atoms with E-state index in [9.17, 15) is 9.90 Å². The van der Waals surface area contributed by atoms with Gasteiger partial charge in [0.05, 0.1) is 0 Å². The molecule has 2 aromatic carbocycles. The summed E-state index contributed by atoms with van der Waals surface area (Å²) in [5.74, 6) is 0.981. The lowest BCUT2D eigenvalue weighted by molar-refractivity contribution is 0.239. The third-order valence-electron chi connectivity index (χ3n) is 6.72. The topological polar surface area (TPSA) is 45.5 Å². The molecule has 2 heterocycles. The van der Waals surface area contributed by atoms with Crippen molar-refractivity contribution < 1.29 is 5.11 Å². The molecule has 5 rings (SSSR count). The summed E-state index contributed by atoms with van der Waals surface area (Å²) in [5, 5.41) is 9.80. The second kappa shape index (κ2) is 8.35. The molecule has 1 fully saturated rings. The second-order valence-corrected chi connectivity index (χ2v) is 9.23. The molecule has 0 bridgehead atoms. The van der Waals surface area contributed by atoms with Crippen molar-refractivity contribution in [2.75, 3.05) is 6.54 Å². The smallest absolute Gasteiger partial charge is 0.254 e. The molecule has 160 valence electrons. The minimum Gasteiger partial charge on any atom is -0.508 e. The molecule has 0 radical (unpaired) electrons. The zero-order chi connectivity index (χ0) is 21.4. The number of hydrogen-bond donors (Lipinski definition) is 1. The van der Waals surface area contributed by atoms with Crippen molar-refractivity contribution >= 4 is 0 Å². The van der Waals surface area contributed by atoms with E-state index in [4.69, 9.17) is 0 Å². The van der Waals surface area contributed by atoms with Gasteiger partial charge in [-0.1, -0.05) is 36.4 Å². The van der Waals surface area contributed by atoms with Crippen LogP contribution < -0.4 is 5.56 Å². The summed E-state index contributed by atoms with van der Waals surface area (Å²) in [6.45, 7) is 5.58. The summed E-state index contributed by atoms with van der Waals surface area (Å²) in [6.07, 6.45) is 4.08. The van der Waals surface area contributed by atoms with Gasteiger partial charge in [0.1, 0.15) is 5.75 Å². The maximum absolute atomic E-state index is 13.5. The zero-order valence-electron chi connectivity index (χ0n) is 18.2. The summed E-state index contributed by atoms with van der Waals surface area (Å²) < 4.78 is 2.10. The number of aromatic hydroxyl groups is 1. The Kier molecular flexibility index (Phi) is 5.41. The normalized spacial score (nSPS) is 16.3. The highest BCUT2D eigenvalue weighted by molar-refractivity contribution is 5.36. The Balaban J connectivity index is 1.47. The Morgan fingerprint density at radius 3 is 2.65 bits per heavy atom. The standard InChI is InChI=1S/C27H30N2O2/c1-19-5-2-3-7-22(19)14-23-15-24-18-28(16-21-6-4-8-25(30)13-21)12-11-26(24)29(27(23)31)17-20-9-10-20/h2-8,13,15,20,30H,9-12,14,16-18H2,1H3. The predicted octanol–water partition coefficient (Wildman–Crippen LogP) is 4.42. The fourth-order valence-corrected chi connectivity index (χ4v) is 4.78. The fourth-order valence-electron chi connectivity index (χ4n) is 4.78. The van der Waals surface area contributed by atoms with Crippen molar-refractivity contribution in [1.82, 2.24) is 9.47 Å². The number of hydrogen-bond acceptors (Lipinski definition) is 3. The van der Waals surface area contributed by atoms with Crippen molar-refractivity contribution in [3.8, 4) is 5.75 Å². The molecule has 0 unspecified atom stereocenters. The third kappa shape index (κ3) is 4.45. The van der Waals surface area contributed by atoms with Gasteiger partial charge >= 0.3 is 0 Å². The van der Waals surface area contributed by atoms with Crippen LogP contribution in [0.1, 0.15) is 46.4 Å². The number of aromatic nitrogens is 1. The number of aryl methyl sites for hydroxylation is 1. The van der Waals surface area contributed by atoms with E-state index in [0.29, 0.717) is 18.1 Å². The van der Waals surface area contributed by atoms with Crippen molar-refractivity contribution in [2.24, 2.45) is 5.92 Å². The average Bonchev–Trinajstić information content (AvgIpc) is 3.57. The molecule has 0 amide bonds. The maximum Gasteiger partial charge on any atom is 0.254 e. The molecular weight excluding hydrogens is 384 g/mol. The number of phenols is 1. The summed E-state index contributed by atoms with van der Waals surface area (Å²) in [5.41, 5.74) is 7.22. The summed E-state index contributed by atoms with van der Waals surface area (Å²) in [7, 11) is 0. The Morgan fingerprint density at radius 2 is 1.87 bits per heavy atom. The molecule has 0 atom stereocenters. The molecule has 3 aromatic rings.